The van der Waals surface area contributed by atoms with Crippen molar-refractivity contribution in [2.45, 2.75) is 19.8 Å². The first-order valence-corrected chi connectivity index (χ1v) is 11.5. The minimum Gasteiger partial charge on any atom is -0.379 e. The summed E-state index contributed by atoms with van der Waals surface area (Å²) < 4.78 is 5.35. The Morgan fingerprint density at radius 2 is 1.94 bits per heavy atom. The van der Waals surface area contributed by atoms with E-state index in [1.165, 1.54) is 0 Å². The third-order valence-corrected chi connectivity index (χ3v) is 6.83. The number of carbonyl (C=O) groups excluding carboxylic acids is 2. The van der Waals surface area contributed by atoms with Crippen LogP contribution in [0.3, 0.4) is 0 Å². The minimum atomic E-state index is -0.0443. The molecule has 0 spiro atoms. The number of nitrogens with zero attached hydrogens (tertiary/aromatic N) is 2. The van der Waals surface area contributed by atoms with Gasteiger partial charge in [-0.2, -0.15) is 0 Å². The van der Waals surface area contributed by atoms with Crippen LogP contribution in [0.1, 0.15) is 30.3 Å². The van der Waals surface area contributed by atoms with Crippen LogP contribution in [0.25, 0.3) is 10.9 Å². The molecule has 1 aromatic carbocycles. The number of piperidine rings is 1. The van der Waals surface area contributed by atoms with E-state index in [4.69, 9.17) is 16.3 Å². The molecule has 2 N–H and O–H groups in total. The van der Waals surface area contributed by atoms with Crippen LogP contribution in [-0.4, -0.2) is 79.1 Å². The molecule has 1 aromatic heterocycles. The number of hydrogen-bond acceptors (Lipinski definition) is 4. The summed E-state index contributed by atoms with van der Waals surface area (Å²) >= 11 is 6.05. The van der Waals surface area contributed by atoms with Gasteiger partial charge in [-0.1, -0.05) is 18.5 Å². The highest BCUT2D eigenvalue weighted by Gasteiger charge is 2.30. The zero-order valence-corrected chi connectivity index (χ0v) is 18.8. The molecule has 2 saturated heterocycles. The van der Waals surface area contributed by atoms with E-state index in [-0.39, 0.29) is 17.7 Å². The quantitative estimate of drug-likeness (QED) is 0.715. The molecule has 2 aliphatic rings. The second-order valence-corrected chi connectivity index (χ2v) is 9.01. The second-order valence-electron chi connectivity index (χ2n) is 8.58. The highest BCUT2D eigenvalue weighted by Crippen LogP contribution is 2.27. The van der Waals surface area contributed by atoms with Crippen molar-refractivity contribution in [3.8, 4) is 0 Å². The van der Waals surface area contributed by atoms with E-state index in [0.717, 1.165) is 56.6 Å². The summed E-state index contributed by atoms with van der Waals surface area (Å²) in [6, 6.07) is 7.42. The molecule has 0 unspecified atom stereocenters. The normalized spacial score (nSPS) is 19.5. The van der Waals surface area contributed by atoms with E-state index in [0.29, 0.717) is 36.3 Å². The van der Waals surface area contributed by atoms with Crippen LogP contribution in [-0.2, 0) is 9.53 Å². The zero-order chi connectivity index (χ0) is 21.8. The predicted octanol–water partition coefficient (Wildman–Crippen LogP) is 2.76. The summed E-state index contributed by atoms with van der Waals surface area (Å²) in [4.78, 5) is 32.9. The van der Waals surface area contributed by atoms with Crippen molar-refractivity contribution in [1.29, 1.82) is 0 Å². The maximum atomic E-state index is 12.9. The Morgan fingerprint density at radius 3 is 2.68 bits per heavy atom. The molecule has 1 atom stereocenters. The maximum Gasteiger partial charge on any atom is 0.270 e. The van der Waals surface area contributed by atoms with Crippen molar-refractivity contribution >= 4 is 34.3 Å². The first kappa shape index (κ1) is 22.1. The lowest BCUT2D eigenvalue weighted by Crippen LogP contribution is -2.45. The summed E-state index contributed by atoms with van der Waals surface area (Å²) in [5.41, 5.74) is 1.50. The molecular formula is C23H31ClN4O3. The highest BCUT2D eigenvalue weighted by atomic mass is 35.5. The maximum absolute atomic E-state index is 12.9. The molecule has 3 heterocycles. The molecule has 7 nitrogen and oxygen atoms in total. The molecule has 0 saturated carbocycles. The topological polar surface area (TPSA) is 77.7 Å². The Morgan fingerprint density at radius 1 is 1.19 bits per heavy atom. The summed E-state index contributed by atoms with van der Waals surface area (Å²) in [6.45, 7) is 8.30. The van der Waals surface area contributed by atoms with E-state index in [9.17, 15) is 9.59 Å². The van der Waals surface area contributed by atoms with E-state index in [1.807, 2.05) is 36.1 Å². The summed E-state index contributed by atoms with van der Waals surface area (Å²) in [6.07, 6.45) is 1.69. The number of amides is 2. The van der Waals surface area contributed by atoms with Crippen molar-refractivity contribution in [2.24, 2.45) is 11.8 Å². The standard InChI is InChI=1S/C23H31ClN4O3/c1-16(22(29)25-6-9-27-10-12-31-13-11-27)17-4-7-28(8-5-17)23(30)21-15-18-14-19(24)2-3-20(18)26-21/h2-3,14-17,26H,4-13H2,1H3,(H,25,29)/t16-/m0/s1. The van der Waals surface area contributed by atoms with Crippen LogP contribution in [0.2, 0.25) is 5.02 Å². The minimum absolute atomic E-state index is 0.00777. The van der Waals surface area contributed by atoms with Crippen molar-refractivity contribution < 1.29 is 14.3 Å². The monoisotopic (exact) mass is 446 g/mol. The van der Waals surface area contributed by atoms with Gasteiger partial charge in [-0.05, 0) is 43.0 Å². The number of likely N-dealkylation sites (tertiary alicyclic amines) is 1. The average Bonchev–Trinajstić information content (AvgIpc) is 3.22. The Hall–Kier alpha value is -2.09. The van der Waals surface area contributed by atoms with Crippen LogP contribution in [0.15, 0.2) is 24.3 Å². The number of H-pyrrole nitrogens is 1. The van der Waals surface area contributed by atoms with E-state index >= 15 is 0 Å². The van der Waals surface area contributed by atoms with Gasteiger partial charge in [0.15, 0.2) is 0 Å². The van der Waals surface area contributed by atoms with Gasteiger partial charge in [0.25, 0.3) is 5.91 Å². The van der Waals surface area contributed by atoms with Gasteiger partial charge in [0.05, 0.1) is 13.2 Å². The Balaban J connectivity index is 1.24. The van der Waals surface area contributed by atoms with Gasteiger partial charge in [0.1, 0.15) is 5.69 Å². The molecule has 0 bridgehead atoms. The predicted molar refractivity (Wildman–Crippen MR) is 121 cm³/mol. The molecule has 0 radical (unpaired) electrons. The van der Waals surface area contributed by atoms with Crippen LogP contribution < -0.4 is 5.32 Å². The van der Waals surface area contributed by atoms with Crippen molar-refractivity contribution in [1.82, 2.24) is 20.1 Å². The number of rotatable bonds is 6. The number of hydrogen-bond donors (Lipinski definition) is 2. The van der Waals surface area contributed by atoms with Crippen molar-refractivity contribution in [2.75, 3.05) is 52.5 Å². The molecule has 168 valence electrons. The number of nitrogens with one attached hydrogen (secondary N) is 2. The fraction of sp³-hybridized carbons (Fsp3) is 0.565. The number of benzene rings is 1. The molecule has 0 aliphatic carbocycles. The summed E-state index contributed by atoms with van der Waals surface area (Å²) in [7, 11) is 0. The van der Waals surface area contributed by atoms with E-state index in [1.54, 1.807) is 0 Å². The van der Waals surface area contributed by atoms with Crippen molar-refractivity contribution in [3.63, 3.8) is 0 Å². The summed E-state index contributed by atoms with van der Waals surface area (Å²) in [5, 5.41) is 4.68. The van der Waals surface area contributed by atoms with Gasteiger partial charge in [0.2, 0.25) is 5.91 Å². The van der Waals surface area contributed by atoms with Gasteiger partial charge >= 0.3 is 0 Å². The molecule has 2 aliphatic heterocycles. The third-order valence-electron chi connectivity index (χ3n) is 6.59. The number of aromatic nitrogens is 1. The molecule has 8 heteroatoms. The van der Waals surface area contributed by atoms with Crippen LogP contribution in [0.4, 0.5) is 0 Å². The second kappa shape index (κ2) is 10.0. The SMILES string of the molecule is C[C@H](C(=O)NCCN1CCOCC1)C1CCN(C(=O)c2cc3cc(Cl)ccc3[nH]2)CC1. The fourth-order valence-electron chi connectivity index (χ4n) is 4.53. The lowest BCUT2D eigenvalue weighted by Gasteiger charge is -2.34. The van der Waals surface area contributed by atoms with Gasteiger partial charge in [0, 0.05) is 61.1 Å². The van der Waals surface area contributed by atoms with Gasteiger partial charge in [-0.15, -0.1) is 0 Å². The molecule has 2 fully saturated rings. The Bertz CT molecular complexity index is 917. The molecule has 2 amide bonds. The number of fused-ring (bicyclic) bond motifs is 1. The van der Waals surface area contributed by atoms with Gasteiger partial charge in [-0.25, -0.2) is 0 Å². The highest BCUT2D eigenvalue weighted by molar-refractivity contribution is 6.31. The number of morpholine rings is 1. The third kappa shape index (κ3) is 5.40. The Kier molecular flexibility index (Phi) is 7.15. The van der Waals surface area contributed by atoms with Crippen molar-refractivity contribution in [3.05, 3.63) is 35.0 Å². The zero-order valence-electron chi connectivity index (χ0n) is 18.0. The Labute approximate surface area is 188 Å². The number of carbonyl (C=O) groups is 2. The van der Waals surface area contributed by atoms with Gasteiger partial charge in [-0.3, -0.25) is 14.5 Å². The molecule has 4 rings (SSSR count). The smallest absolute Gasteiger partial charge is 0.270 e. The number of ether oxygens (including phenoxy) is 1. The van der Waals surface area contributed by atoms with Crippen LogP contribution >= 0.6 is 11.6 Å². The lowest BCUT2D eigenvalue weighted by atomic mass is 9.84. The molecular weight excluding hydrogens is 416 g/mol. The summed E-state index contributed by atoms with van der Waals surface area (Å²) in [5.74, 6) is 0.380. The molecule has 31 heavy (non-hydrogen) atoms. The fourth-order valence-corrected chi connectivity index (χ4v) is 4.71. The van der Waals surface area contributed by atoms with E-state index in [2.05, 4.69) is 15.2 Å². The van der Waals surface area contributed by atoms with Crippen LogP contribution in [0, 0.1) is 11.8 Å². The lowest BCUT2D eigenvalue weighted by molar-refractivity contribution is -0.126. The largest absolute Gasteiger partial charge is 0.379 e. The first-order chi connectivity index (χ1) is 15.0. The number of aromatic amines is 1. The molecule has 2 aromatic rings. The van der Waals surface area contributed by atoms with E-state index < -0.39 is 0 Å². The van der Waals surface area contributed by atoms with Gasteiger partial charge < -0.3 is 19.9 Å². The van der Waals surface area contributed by atoms with Crippen LogP contribution in [0.5, 0.6) is 0 Å². The number of halogens is 1. The first-order valence-electron chi connectivity index (χ1n) is 11.2. The average molecular weight is 447 g/mol.